The normalized spacial score (nSPS) is 36.5. The number of hydrogen-bond donors (Lipinski definition) is 11. The zero-order chi connectivity index (χ0) is 68.8. The van der Waals surface area contributed by atoms with E-state index in [2.05, 4.69) is 4.74 Å². The van der Waals surface area contributed by atoms with Crippen LogP contribution in [0.3, 0.4) is 0 Å². The van der Waals surface area contributed by atoms with Crippen molar-refractivity contribution < 1.29 is 350 Å². The van der Waals surface area contributed by atoms with Crippen LogP contribution in [0.5, 0.6) is 0 Å². The molecule has 5 saturated heterocycles. The van der Waals surface area contributed by atoms with Crippen LogP contribution in [-0.4, -0.2) is 275 Å². The summed E-state index contributed by atoms with van der Waals surface area (Å²) in [4.78, 5) is 91.4. The van der Waals surface area contributed by atoms with Gasteiger partial charge in [-0.05, 0) is 58.8 Å². The number of carboxylic acids is 6. The Balaban J connectivity index is -0.000000700. The third-order valence-electron chi connectivity index (χ3n) is 14.4. The van der Waals surface area contributed by atoms with Crippen LogP contribution in [-0.2, 0) is 85.7 Å². The Morgan fingerprint density at radius 1 is 0.400 bits per heavy atom. The Kier molecular flexibility index (Phi) is 46.6. The van der Waals surface area contributed by atoms with Gasteiger partial charge in [0, 0.05) is 17.8 Å². The molecule has 514 valence electrons. The minimum absolute atomic E-state index is 0. The number of rotatable bonds is 19. The Morgan fingerprint density at radius 3 is 0.989 bits per heavy atom. The molecule has 0 aliphatic carbocycles. The predicted octanol–water partition coefficient (Wildman–Crippen LogP) is -31.2. The molecule has 13 unspecified atom stereocenters. The number of carbonyl (C=O) groups excluding carboxylic acids is 8. The van der Waals surface area contributed by atoms with Crippen LogP contribution in [0.15, 0.2) is 0 Å². The van der Waals surface area contributed by atoms with Gasteiger partial charge in [0.2, 0.25) is 0 Å². The molecule has 5 heterocycles. The molecule has 5 aliphatic heterocycles. The van der Waals surface area contributed by atoms with E-state index in [1.807, 2.05) is 0 Å². The van der Waals surface area contributed by atoms with E-state index in [9.17, 15) is 125 Å². The van der Waals surface area contributed by atoms with E-state index in [-0.39, 0.29) is 184 Å². The van der Waals surface area contributed by atoms with E-state index in [0.717, 1.165) is 0 Å². The summed E-state index contributed by atoms with van der Waals surface area (Å²) < 4.78 is 52.6. The van der Waals surface area contributed by atoms with E-state index in [4.69, 9.17) is 42.6 Å². The number of ether oxygens (including phenoxy) is 10. The van der Waals surface area contributed by atoms with Gasteiger partial charge in [0.1, 0.15) is 141 Å². The van der Waals surface area contributed by atoms with Crippen molar-refractivity contribution in [1.29, 1.82) is 0 Å². The van der Waals surface area contributed by atoms with Crippen molar-refractivity contribution in [1.82, 2.24) is 0 Å². The van der Waals surface area contributed by atoms with Crippen molar-refractivity contribution in [2.24, 2.45) is 22.7 Å². The second-order valence-electron chi connectivity index (χ2n) is 26.0. The van der Waals surface area contributed by atoms with E-state index >= 15 is 0 Å². The molecule has 0 amide bonds. The minimum Gasteiger partial charge on any atom is -0.550 e. The molecule has 0 aromatic carbocycles. The van der Waals surface area contributed by atoms with Gasteiger partial charge in [-0.3, -0.25) is 0 Å². The maximum Gasteiger partial charge on any atom is 1.00 e. The number of aliphatic hydroxyl groups is 11. The summed E-state index contributed by atoms with van der Waals surface area (Å²) in [7, 11) is 0. The van der Waals surface area contributed by atoms with Crippen LogP contribution >= 0.6 is 0 Å². The van der Waals surface area contributed by atoms with E-state index in [1.54, 1.807) is 62.3 Å². The average Bonchev–Trinajstić information content (AvgIpc) is 1.00. The Bertz CT molecular complexity index is 2410. The molecule has 41 heteroatoms. The molecule has 5 aliphatic rings. The second-order valence-corrected chi connectivity index (χ2v) is 26.0. The van der Waals surface area contributed by atoms with Gasteiger partial charge in [0.05, 0.1) is 53.3 Å². The molecular formula is C54H82Na6O35. The Labute approximate surface area is 679 Å². The molecule has 28 atom stereocenters. The SMILES string of the molecule is CC(C)(C)O[C@H]1C(C(=O)[O-])O[C@H](O)[C@H](O)C1O.CC(C)(C)O[C@H]1C(C(=O)[O-])O[C@H](O[C@H]2C(C(=O)[O-])O[C@H](O[C@H]3C(C(=O)[O-])O[C@H](C(C)(C)C)[C@H](O)C3O)[C@H](O)C2O)[C@H](O)C1O.CC(C=O)C(CC(C=O)O[C@H]1C(C(=O)[O-])O[C@H](C(C)(C)C)[C@H](O)C1O)C(=O)[O-].[Na+].[Na+].[Na+].[Na+].[Na+].[Na+]. The number of hydrogen-bond acceptors (Lipinski definition) is 35. The fourth-order valence-corrected chi connectivity index (χ4v) is 9.93. The molecule has 0 aromatic heterocycles. The summed E-state index contributed by atoms with van der Waals surface area (Å²) >= 11 is 0. The molecular weight excluding hydrogens is 1350 g/mol. The Morgan fingerprint density at radius 2 is 0.684 bits per heavy atom. The average molecular weight is 1430 g/mol. The quantitative estimate of drug-likeness (QED) is 0.0423. The predicted molar refractivity (Wildman–Crippen MR) is 272 cm³/mol. The maximum atomic E-state index is 12.0. The van der Waals surface area contributed by atoms with Crippen LogP contribution in [0.2, 0.25) is 0 Å². The third-order valence-corrected chi connectivity index (χ3v) is 14.4. The van der Waals surface area contributed by atoms with Crippen LogP contribution in [0.1, 0.15) is 96.4 Å². The molecule has 0 bridgehead atoms. The first-order valence-electron chi connectivity index (χ1n) is 27.8. The van der Waals surface area contributed by atoms with Crippen molar-refractivity contribution in [2.75, 3.05) is 0 Å². The number of aliphatic carboxylic acids is 6. The molecule has 0 spiro atoms. The summed E-state index contributed by atoms with van der Waals surface area (Å²) in [6.45, 7) is 20.6. The number of aliphatic hydroxyl groups excluding tert-OH is 11. The van der Waals surface area contributed by atoms with Crippen LogP contribution in [0.25, 0.3) is 0 Å². The molecule has 5 rings (SSSR count). The summed E-state index contributed by atoms with van der Waals surface area (Å²) in [6.07, 6.45) is -47.4. The molecule has 0 aromatic rings. The standard InChI is InChI=1S/C26H42O18.C18H28O10.C10H18O7.6Na/c1-25(2,3)19-10(30)7(27)13(16(39-19)20(33)34)40-23-11(31)8(28)14(17(42-23)21(35)36)41-24-12(32)9(29)15(44-26(4,5)6)18(43-24)22(37)38;1-8(6-19)10(16(23)24)5-9(7-20)27-13-11(21)12(22)15(18(2,3)4)28-14(13)17(25)26;1-10(2,3)17-6-4(11)5(12)9(15)16-7(6)8(13)14;;;;;;/h7-19,23-24,27-32H,1-6H3,(H,33,34)(H,35,36)(H,37,38);6-15,21-22H,5H2,1-4H3,(H,23,24)(H,25,26);4-7,9,11-12,15H,1-3H3,(H,13,14);;;;;;/q;;;6*+1/p-6/t7?,8?,9?,10-,11-,12-,13-,14-,15-,16?,17?,18?,19+,23+,24+;8?,9?,10?,11?,12-,13-,14?,15+;4?,5-,6-,7?,9+;;;;;;/m111....../s1. The summed E-state index contributed by atoms with van der Waals surface area (Å²) in [5.41, 5.74) is -3.39. The summed E-state index contributed by atoms with van der Waals surface area (Å²) in [6, 6.07) is 0. The van der Waals surface area contributed by atoms with Crippen molar-refractivity contribution >= 4 is 48.4 Å². The van der Waals surface area contributed by atoms with Gasteiger partial charge in [0.15, 0.2) is 18.9 Å². The van der Waals surface area contributed by atoms with Gasteiger partial charge < -0.3 is 173 Å². The Hall–Kier alpha value is 1.32. The maximum absolute atomic E-state index is 12.0. The fourth-order valence-electron chi connectivity index (χ4n) is 9.93. The number of aldehydes is 2. The van der Waals surface area contributed by atoms with Gasteiger partial charge >= 0.3 is 177 Å². The zero-order valence-corrected chi connectivity index (χ0v) is 68.7. The van der Waals surface area contributed by atoms with Crippen molar-refractivity contribution in [3.8, 4) is 0 Å². The first-order chi connectivity index (χ1) is 40.5. The van der Waals surface area contributed by atoms with Crippen LogP contribution in [0.4, 0.5) is 0 Å². The van der Waals surface area contributed by atoms with Crippen LogP contribution in [0, 0.1) is 22.7 Å². The van der Waals surface area contributed by atoms with E-state index in [0.29, 0.717) is 6.29 Å². The van der Waals surface area contributed by atoms with Crippen molar-refractivity contribution in [3.63, 3.8) is 0 Å². The molecule has 35 nitrogen and oxygen atoms in total. The molecule has 5 fully saturated rings. The second kappa shape index (κ2) is 43.1. The largest absolute Gasteiger partial charge is 1.00 e. The van der Waals surface area contributed by atoms with Gasteiger partial charge in [0.25, 0.3) is 0 Å². The van der Waals surface area contributed by atoms with Gasteiger partial charge in [-0.15, -0.1) is 0 Å². The number of carbonyl (C=O) groups is 8. The van der Waals surface area contributed by atoms with E-state index in [1.165, 1.54) is 27.7 Å². The first-order valence-corrected chi connectivity index (χ1v) is 27.8. The van der Waals surface area contributed by atoms with Gasteiger partial charge in [-0.25, -0.2) is 0 Å². The van der Waals surface area contributed by atoms with E-state index < -0.39 is 235 Å². The molecule has 11 N–H and O–H groups in total. The van der Waals surface area contributed by atoms with Crippen molar-refractivity contribution in [3.05, 3.63) is 0 Å². The molecule has 0 radical (unpaired) electrons. The molecule has 0 saturated carbocycles. The van der Waals surface area contributed by atoms with Gasteiger partial charge in [-0.2, -0.15) is 0 Å². The van der Waals surface area contributed by atoms with Gasteiger partial charge in [-0.1, -0.05) is 48.5 Å². The summed E-state index contributed by atoms with van der Waals surface area (Å²) in [5.74, 6) is -13.2. The number of carboxylic acid groups (broad SMARTS) is 6. The zero-order valence-electron chi connectivity index (χ0n) is 56.7. The smallest absolute Gasteiger partial charge is 0.550 e. The van der Waals surface area contributed by atoms with Crippen LogP contribution < -0.4 is 208 Å². The molecule has 95 heavy (non-hydrogen) atoms. The minimum atomic E-state index is -2.37. The van der Waals surface area contributed by atoms with Crippen molar-refractivity contribution in [2.45, 2.75) is 267 Å². The monoisotopic (exact) mass is 1430 g/mol. The first kappa shape index (κ1) is 103. The topological polar surface area (TPSA) is 590 Å². The summed E-state index contributed by atoms with van der Waals surface area (Å²) in [5, 5.41) is 182. The third kappa shape index (κ3) is 28.3. The fraction of sp³-hybridized carbons (Fsp3) is 0.852.